The molecule has 25 heavy (non-hydrogen) atoms. The van der Waals surface area contributed by atoms with E-state index in [-0.39, 0.29) is 11.4 Å². The van der Waals surface area contributed by atoms with Crippen LogP contribution >= 0.6 is 0 Å². The van der Waals surface area contributed by atoms with E-state index >= 15 is 0 Å². The third-order valence-electron chi connectivity index (χ3n) is 3.63. The summed E-state index contributed by atoms with van der Waals surface area (Å²) in [6.45, 7) is 3.71. The monoisotopic (exact) mass is 362 g/mol. The van der Waals surface area contributed by atoms with Crippen LogP contribution in [0.3, 0.4) is 0 Å². The molecule has 1 amide bonds. The highest BCUT2D eigenvalue weighted by molar-refractivity contribution is 7.89. The van der Waals surface area contributed by atoms with Crippen LogP contribution in [-0.4, -0.2) is 28.0 Å². The molecule has 0 aromatic heterocycles. The van der Waals surface area contributed by atoms with E-state index in [1.807, 2.05) is 13.8 Å². The van der Waals surface area contributed by atoms with E-state index in [2.05, 4.69) is 10.0 Å². The summed E-state index contributed by atoms with van der Waals surface area (Å²) >= 11 is 0. The number of hydrogen-bond donors (Lipinski definition) is 2. The lowest BCUT2D eigenvalue weighted by molar-refractivity contribution is -0.115. The van der Waals surface area contributed by atoms with Crippen LogP contribution in [0.5, 0.6) is 5.75 Å². The fraction of sp³-hybridized carbons (Fsp3) is 0.278. The zero-order chi connectivity index (χ0) is 18.4. The average Bonchev–Trinajstić information content (AvgIpc) is 2.60. The number of benzene rings is 2. The summed E-state index contributed by atoms with van der Waals surface area (Å²) in [5.41, 5.74) is 1.58. The van der Waals surface area contributed by atoms with Crippen molar-refractivity contribution >= 4 is 21.6 Å². The minimum Gasteiger partial charge on any atom is -0.497 e. The van der Waals surface area contributed by atoms with Gasteiger partial charge in [0.25, 0.3) is 0 Å². The summed E-state index contributed by atoms with van der Waals surface area (Å²) in [7, 11) is -2.21. The zero-order valence-corrected chi connectivity index (χ0v) is 15.3. The van der Waals surface area contributed by atoms with E-state index < -0.39 is 15.9 Å². The van der Waals surface area contributed by atoms with Gasteiger partial charge < -0.3 is 10.1 Å². The number of ether oxygens (including phenoxy) is 1. The van der Waals surface area contributed by atoms with Gasteiger partial charge in [0, 0.05) is 11.8 Å². The molecule has 0 fully saturated rings. The summed E-state index contributed by atoms with van der Waals surface area (Å²) in [4.78, 5) is 12.1. The number of rotatable bonds is 7. The van der Waals surface area contributed by atoms with E-state index in [1.165, 1.54) is 19.2 Å². The number of amides is 1. The molecule has 0 heterocycles. The number of carbonyl (C=O) groups is 1. The van der Waals surface area contributed by atoms with Gasteiger partial charge in [0.2, 0.25) is 15.9 Å². The Morgan fingerprint density at radius 2 is 1.80 bits per heavy atom. The van der Waals surface area contributed by atoms with Gasteiger partial charge in [-0.1, -0.05) is 32.0 Å². The Labute approximate surface area is 148 Å². The summed E-state index contributed by atoms with van der Waals surface area (Å²) in [6.07, 6.45) is 0. The van der Waals surface area contributed by atoms with Crippen LogP contribution in [0.2, 0.25) is 0 Å². The Balaban J connectivity index is 1.97. The predicted octanol–water partition coefficient (Wildman–Crippen LogP) is 2.74. The van der Waals surface area contributed by atoms with Crippen molar-refractivity contribution in [1.82, 2.24) is 4.72 Å². The first kappa shape index (κ1) is 19.0. The minimum atomic E-state index is -3.74. The van der Waals surface area contributed by atoms with Crippen molar-refractivity contribution in [3.63, 3.8) is 0 Å². The Morgan fingerprint density at radius 3 is 2.40 bits per heavy atom. The maximum Gasteiger partial charge on any atom is 0.241 e. The number of nitrogens with one attached hydrogen (secondary N) is 2. The largest absolute Gasteiger partial charge is 0.497 e. The Morgan fingerprint density at radius 1 is 1.12 bits per heavy atom. The molecule has 2 aromatic carbocycles. The highest BCUT2D eigenvalue weighted by Gasteiger charge is 2.16. The highest BCUT2D eigenvalue weighted by Crippen LogP contribution is 2.18. The number of methoxy groups -OCH3 is 1. The fourth-order valence-electron chi connectivity index (χ4n) is 2.18. The summed E-state index contributed by atoms with van der Waals surface area (Å²) < 4.78 is 31.9. The van der Waals surface area contributed by atoms with Crippen LogP contribution in [0.1, 0.15) is 25.3 Å². The van der Waals surface area contributed by atoms with E-state index in [9.17, 15) is 13.2 Å². The van der Waals surface area contributed by atoms with Crippen LogP contribution in [0.15, 0.2) is 53.4 Å². The van der Waals surface area contributed by atoms with Gasteiger partial charge in [-0.25, -0.2) is 13.1 Å². The molecule has 0 saturated carbocycles. The molecule has 0 bridgehead atoms. The van der Waals surface area contributed by atoms with Crippen molar-refractivity contribution in [2.45, 2.75) is 24.7 Å². The van der Waals surface area contributed by atoms with Gasteiger partial charge in [0.05, 0.1) is 18.6 Å². The Bertz CT molecular complexity index is 830. The number of carbonyl (C=O) groups excluding carboxylic acids is 1. The highest BCUT2D eigenvalue weighted by atomic mass is 32.2. The van der Waals surface area contributed by atoms with Gasteiger partial charge >= 0.3 is 0 Å². The standard InChI is InChI=1S/C18H22N2O4S/c1-13(2)14-7-9-17(10-8-14)25(22,23)19-12-18(21)20-15-5-4-6-16(11-15)24-3/h4-11,13,19H,12H2,1-3H3,(H,20,21). The van der Waals surface area contributed by atoms with Crippen molar-refractivity contribution in [3.8, 4) is 5.75 Å². The number of hydrogen-bond acceptors (Lipinski definition) is 4. The van der Waals surface area contributed by atoms with Crippen LogP contribution in [0, 0.1) is 0 Å². The van der Waals surface area contributed by atoms with E-state index in [1.54, 1.807) is 36.4 Å². The first-order valence-corrected chi connectivity index (χ1v) is 9.33. The van der Waals surface area contributed by atoms with Crippen LogP contribution in [0.4, 0.5) is 5.69 Å². The van der Waals surface area contributed by atoms with Crippen molar-refractivity contribution in [3.05, 3.63) is 54.1 Å². The molecule has 0 radical (unpaired) electrons. The summed E-state index contributed by atoms with van der Waals surface area (Å²) in [6, 6.07) is 13.4. The van der Waals surface area contributed by atoms with Gasteiger partial charge in [0.1, 0.15) is 5.75 Å². The van der Waals surface area contributed by atoms with Crippen molar-refractivity contribution in [2.24, 2.45) is 0 Å². The van der Waals surface area contributed by atoms with E-state index in [0.29, 0.717) is 17.4 Å². The zero-order valence-electron chi connectivity index (χ0n) is 14.4. The first-order valence-electron chi connectivity index (χ1n) is 7.85. The molecule has 2 rings (SSSR count). The molecule has 2 aromatic rings. The van der Waals surface area contributed by atoms with Gasteiger partial charge in [-0.2, -0.15) is 0 Å². The molecule has 0 aliphatic heterocycles. The third kappa shape index (κ3) is 5.30. The number of anilines is 1. The molecular formula is C18H22N2O4S. The van der Waals surface area contributed by atoms with Gasteiger partial charge in [-0.05, 0) is 35.7 Å². The molecule has 0 unspecified atom stereocenters. The molecular weight excluding hydrogens is 340 g/mol. The lowest BCUT2D eigenvalue weighted by Crippen LogP contribution is -2.32. The topological polar surface area (TPSA) is 84.5 Å². The minimum absolute atomic E-state index is 0.131. The number of sulfonamides is 1. The molecule has 7 heteroatoms. The second-order valence-corrected chi connectivity index (χ2v) is 7.60. The molecule has 0 spiro atoms. The maximum absolute atomic E-state index is 12.3. The molecule has 0 aliphatic carbocycles. The summed E-state index contributed by atoms with van der Waals surface area (Å²) in [5, 5.41) is 2.62. The molecule has 6 nitrogen and oxygen atoms in total. The van der Waals surface area contributed by atoms with Gasteiger partial charge in [0.15, 0.2) is 0 Å². The first-order chi connectivity index (χ1) is 11.8. The fourth-order valence-corrected chi connectivity index (χ4v) is 3.16. The lowest BCUT2D eigenvalue weighted by atomic mass is 10.0. The second-order valence-electron chi connectivity index (χ2n) is 5.83. The Kier molecular flexibility index (Phi) is 6.17. The second kappa shape index (κ2) is 8.13. The van der Waals surface area contributed by atoms with Crippen molar-refractivity contribution in [2.75, 3.05) is 19.0 Å². The van der Waals surface area contributed by atoms with Crippen molar-refractivity contribution in [1.29, 1.82) is 0 Å². The smallest absolute Gasteiger partial charge is 0.241 e. The predicted molar refractivity (Wildman–Crippen MR) is 97.3 cm³/mol. The molecule has 0 saturated heterocycles. The van der Waals surface area contributed by atoms with E-state index in [4.69, 9.17) is 4.74 Å². The molecule has 0 aliphatic rings. The summed E-state index contributed by atoms with van der Waals surface area (Å²) in [5.74, 6) is 0.456. The van der Waals surface area contributed by atoms with Crippen LogP contribution < -0.4 is 14.8 Å². The lowest BCUT2D eigenvalue weighted by Gasteiger charge is -2.10. The third-order valence-corrected chi connectivity index (χ3v) is 5.05. The van der Waals surface area contributed by atoms with Gasteiger partial charge in [-0.3, -0.25) is 4.79 Å². The maximum atomic E-state index is 12.3. The Hall–Kier alpha value is -2.38. The van der Waals surface area contributed by atoms with Crippen LogP contribution in [0.25, 0.3) is 0 Å². The normalized spacial score (nSPS) is 11.4. The van der Waals surface area contributed by atoms with Crippen LogP contribution in [-0.2, 0) is 14.8 Å². The SMILES string of the molecule is COc1cccc(NC(=O)CNS(=O)(=O)c2ccc(C(C)C)cc2)c1. The van der Waals surface area contributed by atoms with E-state index in [0.717, 1.165) is 5.56 Å². The average molecular weight is 362 g/mol. The van der Waals surface area contributed by atoms with Crippen molar-refractivity contribution < 1.29 is 17.9 Å². The quantitative estimate of drug-likeness (QED) is 0.793. The van der Waals surface area contributed by atoms with Gasteiger partial charge in [-0.15, -0.1) is 0 Å². The molecule has 2 N–H and O–H groups in total. The molecule has 0 atom stereocenters. The molecule has 134 valence electrons.